The van der Waals surface area contributed by atoms with Crippen LogP contribution in [0.5, 0.6) is 0 Å². The van der Waals surface area contributed by atoms with Crippen molar-refractivity contribution < 1.29 is 4.79 Å². The summed E-state index contributed by atoms with van der Waals surface area (Å²) in [6.45, 7) is 0. The lowest BCUT2D eigenvalue weighted by Gasteiger charge is -2.13. The van der Waals surface area contributed by atoms with Gasteiger partial charge in [0.25, 0.3) is 0 Å². The van der Waals surface area contributed by atoms with E-state index in [4.69, 9.17) is 0 Å². The molecule has 1 fully saturated rings. The minimum atomic E-state index is 0.431. The van der Waals surface area contributed by atoms with E-state index in [1.165, 1.54) is 0 Å². The molecule has 0 unspecified atom stereocenters. The number of carbonyl (C=O) groups excluding carboxylic acids is 1. The van der Waals surface area contributed by atoms with E-state index in [0.29, 0.717) is 10.6 Å². The van der Waals surface area contributed by atoms with Gasteiger partial charge >= 0.3 is 0 Å². The molecule has 0 amide bonds. The summed E-state index contributed by atoms with van der Waals surface area (Å²) in [4.78, 5) is 11.2. The SMILES string of the molecule is O=C1CCC(Br)CC1. The van der Waals surface area contributed by atoms with E-state index in [2.05, 4.69) is 15.9 Å². The molecule has 0 spiro atoms. The summed E-state index contributed by atoms with van der Waals surface area (Å²) in [5, 5.41) is 0. The number of hydrogen-bond donors (Lipinski definition) is 0. The normalized spacial score (nSPS) is 23.9. The Hall–Kier alpha value is 0.150. The zero-order chi connectivity index (χ0) is 5.98. The van der Waals surface area contributed by atoms with Crippen molar-refractivity contribution in [2.45, 2.75) is 30.5 Å². The predicted octanol–water partition coefficient (Wildman–Crippen LogP) is 1.89. The van der Waals surface area contributed by atoms with Crippen LogP contribution in [0, 0.1) is 0 Å². The highest BCUT2D eigenvalue weighted by Crippen LogP contribution is 2.20. The van der Waals surface area contributed by atoms with Gasteiger partial charge in [-0.05, 0) is 12.8 Å². The molecule has 1 aliphatic carbocycles. The van der Waals surface area contributed by atoms with Crippen LogP contribution in [0.25, 0.3) is 0 Å². The molecule has 2 heteroatoms. The molecule has 0 heterocycles. The Bertz CT molecular complexity index is 90.7. The molecule has 0 N–H and O–H groups in total. The summed E-state index contributed by atoms with van der Waals surface area (Å²) in [5.41, 5.74) is 0. The van der Waals surface area contributed by atoms with E-state index >= 15 is 0 Å². The molecule has 0 atom stereocenters. The van der Waals surface area contributed by atoms with Gasteiger partial charge in [0, 0.05) is 17.7 Å². The van der Waals surface area contributed by atoms with Crippen molar-refractivity contribution in [3.63, 3.8) is 0 Å². The first kappa shape index (κ1) is 6.27. The lowest BCUT2D eigenvalue weighted by Crippen LogP contribution is -2.12. The van der Waals surface area contributed by atoms with Crippen molar-refractivity contribution in [3.8, 4) is 0 Å². The van der Waals surface area contributed by atoms with Gasteiger partial charge in [0.1, 0.15) is 5.78 Å². The van der Waals surface area contributed by atoms with Gasteiger partial charge in [-0.1, -0.05) is 15.9 Å². The summed E-state index contributed by atoms with van der Waals surface area (Å²) in [5.74, 6) is 0.431. The molecule has 46 valence electrons. The average Bonchev–Trinajstić information content (AvgIpc) is 1.77. The third-order valence-corrected chi connectivity index (χ3v) is 2.39. The molecule has 0 aliphatic heterocycles. The number of ketones is 1. The third-order valence-electron chi connectivity index (χ3n) is 1.47. The van der Waals surface area contributed by atoms with Crippen LogP contribution in [0.2, 0.25) is 0 Å². The van der Waals surface area contributed by atoms with Crippen LogP contribution >= 0.6 is 15.9 Å². The number of hydrogen-bond acceptors (Lipinski definition) is 1. The Kier molecular flexibility index (Phi) is 2.06. The molecule has 1 aliphatic rings. The summed E-state index contributed by atoms with van der Waals surface area (Å²) in [7, 11) is 0. The van der Waals surface area contributed by atoms with Crippen molar-refractivity contribution in [1.29, 1.82) is 0 Å². The fraction of sp³-hybridized carbons (Fsp3) is 0.833. The largest absolute Gasteiger partial charge is 0.300 e. The van der Waals surface area contributed by atoms with Crippen molar-refractivity contribution in [1.82, 2.24) is 0 Å². The molecule has 8 heavy (non-hydrogen) atoms. The molecule has 1 nitrogen and oxygen atoms in total. The van der Waals surface area contributed by atoms with E-state index in [0.717, 1.165) is 25.7 Å². The highest BCUT2D eigenvalue weighted by Gasteiger charge is 2.14. The second-order valence-electron chi connectivity index (χ2n) is 2.21. The Morgan fingerprint density at radius 3 is 2.25 bits per heavy atom. The summed E-state index contributed by atoms with van der Waals surface area (Å²) in [6.07, 6.45) is 3.66. The minimum absolute atomic E-state index is 0.431. The predicted molar refractivity (Wildman–Crippen MR) is 36.2 cm³/mol. The number of rotatable bonds is 0. The van der Waals surface area contributed by atoms with Crippen molar-refractivity contribution >= 4 is 21.7 Å². The summed E-state index contributed by atoms with van der Waals surface area (Å²) < 4.78 is 0. The quantitative estimate of drug-likeness (QED) is 0.516. The van der Waals surface area contributed by atoms with Crippen LogP contribution < -0.4 is 0 Å². The second-order valence-corrected chi connectivity index (χ2v) is 3.51. The molecule has 0 aromatic rings. The molecule has 0 radical (unpaired) electrons. The Morgan fingerprint density at radius 1 is 1.38 bits per heavy atom. The van der Waals surface area contributed by atoms with Gasteiger partial charge in [-0.2, -0.15) is 0 Å². The van der Waals surface area contributed by atoms with Crippen LogP contribution in [-0.2, 0) is 4.79 Å². The second kappa shape index (κ2) is 2.62. The third kappa shape index (κ3) is 1.58. The van der Waals surface area contributed by atoms with Gasteiger partial charge < -0.3 is 0 Å². The van der Waals surface area contributed by atoms with Crippen LogP contribution in [0.15, 0.2) is 0 Å². The van der Waals surface area contributed by atoms with Crippen molar-refractivity contribution in [2.75, 3.05) is 0 Å². The standard InChI is InChI=1S/C6H9BrO/c7-5-1-3-6(8)4-2-5/h5H,1-4H2. The van der Waals surface area contributed by atoms with Crippen LogP contribution in [-0.4, -0.2) is 10.6 Å². The van der Waals surface area contributed by atoms with Crippen molar-refractivity contribution in [3.05, 3.63) is 0 Å². The lowest BCUT2D eigenvalue weighted by atomic mass is 10.00. The summed E-state index contributed by atoms with van der Waals surface area (Å²) >= 11 is 3.46. The smallest absolute Gasteiger partial charge is 0.132 e. The Balaban J connectivity index is 2.29. The molecular weight excluding hydrogens is 168 g/mol. The van der Waals surface area contributed by atoms with E-state index in [-0.39, 0.29) is 0 Å². The van der Waals surface area contributed by atoms with Gasteiger partial charge in [-0.25, -0.2) is 0 Å². The number of alkyl halides is 1. The van der Waals surface area contributed by atoms with Crippen LogP contribution in [0.3, 0.4) is 0 Å². The van der Waals surface area contributed by atoms with E-state index in [9.17, 15) is 4.79 Å². The zero-order valence-corrected chi connectivity index (χ0v) is 6.28. The lowest BCUT2D eigenvalue weighted by molar-refractivity contribution is -0.120. The van der Waals surface area contributed by atoms with Gasteiger partial charge in [-0.15, -0.1) is 0 Å². The molecule has 0 aromatic carbocycles. The summed E-state index contributed by atoms with van der Waals surface area (Å²) in [6, 6.07) is 0. The minimum Gasteiger partial charge on any atom is -0.300 e. The monoisotopic (exact) mass is 176 g/mol. The van der Waals surface area contributed by atoms with Crippen LogP contribution in [0.1, 0.15) is 25.7 Å². The first-order valence-electron chi connectivity index (χ1n) is 2.95. The molecule has 1 saturated carbocycles. The molecule has 0 saturated heterocycles. The number of Topliss-reactive ketones (excluding diaryl/α,β-unsaturated/α-hetero) is 1. The highest BCUT2D eigenvalue weighted by molar-refractivity contribution is 9.09. The zero-order valence-electron chi connectivity index (χ0n) is 4.69. The molecule has 0 bridgehead atoms. The molecular formula is C6H9BrO. The maximum Gasteiger partial charge on any atom is 0.132 e. The Morgan fingerprint density at radius 2 is 1.88 bits per heavy atom. The van der Waals surface area contributed by atoms with E-state index < -0.39 is 0 Å². The fourth-order valence-electron chi connectivity index (χ4n) is 0.905. The van der Waals surface area contributed by atoms with E-state index in [1.54, 1.807) is 0 Å². The number of halogens is 1. The molecule has 0 aromatic heterocycles. The van der Waals surface area contributed by atoms with Crippen molar-refractivity contribution in [2.24, 2.45) is 0 Å². The first-order chi connectivity index (χ1) is 3.79. The highest BCUT2D eigenvalue weighted by atomic mass is 79.9. The van der Waals surface area contributed by atoms with Gasteiger partial charge in [0.05, 0.1) is 0 Å². The topological polar surface area (TPSA) is 17.1 Å². The Labute approximate surface area is 57.6 Å². The van der Waals surface area contributed by atoms with E-state index in [1.807, 2.05) is 0 Å². The van der Waals surface area contributed by atoms with Gasteiger partial charge in [0.2, 0.25) is 0 Å². The first-order valence-corrected chi connectivity index (χ1v) is 3.86. The maximum absolute atomic E-state index is 10.6. The molecule has 1 rings (SSSR count). The average molecular weight is 177 g/mol. The maximum atomic E-state index is 10.6. The number of carbonyl (C=O) groups is 1. The van der Waals surface area contributed by atoms with Gasteiger partial charge in [0.15, 0.2) is 0 Å². The van der Waals surface area contributed by atoms with Crippen LogP contribution in [0.4, 0.5) is 0 Å². The fourth-order valence-corrected chi connectivity index (χ4v) is 1.36. The van der Waals surface area contributed by atoms with Gasteiger partial charge in [-0.3, -0.25) is 4.79 Å².